The zero-order valence-corrected chi connectivity index (χ0v) is 13.1. The van der Waals surface area contributed by atoms with Gasteiger partial charge in [0.25, 0.3) is 0 Å². The Hall–Kier alpha value is -1.35. The van der Waals surface area contributed by atoms with Gasteiger partial charge in [-0.05, 0) is 49.8 Å². The Labute approximate surface area is 127 Å². The molecule has 4 nitrogen and oxygen atoms in total. The van der Waals surface area contributed by atoms with Gasteiger partial charge in [-0.25, -0.2) is 13.1 Å². The standard InChI is InChI=1S/C16H22N2O2S/c1-13-7-9-15(10-8-13)18-21(19,20)16-6-2-4-14(12-16)5-3-11-17/h2,4,6,12-13,15,18H,7-11,17H2,1H3. The van der Waals surface area contributed by atoms with Crippen molar-refractivity contribution in [3.8, 4) is 11.8 Å². The highest BCUT2D eigenvalue weighted by Crippen LogP contribution is 2.24. The van der Waals surface area contributed by atoms with Crippen LogP contribution in [0.3, 0.4) is 0 Å². The second-order valence-corrected chi connectivity index (χ2v) is 7.33. The second kappa shape index (κ2) is 7.08. The summed E-state index contributed by atoms with van der Waals surface area (Å²) in [5.74, 6) is 6.29. The Balaban J connectivity index is 2.12. The topological polar surface area (TPSA) is 72.2 Å². The summed E-state index contributed by atoms with van der Waals surface area (Å²) in [6.07, 6.45) is 3.98. The van der Waals surface area contributed by atoms with Gasteiger partial charge in [0.05, 0.1) is 11.4 Å². The Bertz CT molecular complexity index is 636. The fourth-order valence-electron chi connectivity index (χ4n) is 2.56. The van der Waals surface area contributed by atoms with E-state index in [4.69, 9.17) is 5.73 Å². The molecule has 0 radical (unpaired) electrons. The van der Waals surface area contributed by atoms with Crippen LogP contribution in [0.15, 0.2) is 29.2 Å². The average Bonchev–Trinajstić information content (AvgIpc) is 2.48. The lowest BCUT2D eigenvalue weighted by Gasteiger charge is -2.26. The van der Waals surface area contributed by atoms with Crippen molar-refractivity contribution in [2.45, 2.75) is 43.5 Å². The molecular formula is C16H22N2O2S. The number of hydrogen-bond donors (Lipinski definition) is 2. The van der Waals surface area contributed by atoms with Gasteiger partial charge in [-0.1, -0.05) is 24.8 Å². The number of nitrogens with one attached hydrogen (secondary N) is 1. The largest absolute Gasteiger partial charge is 0.320 e. The quantitative estimate of drug-likeness (QED) is 0.837. The van der Waals surface area contributed by atoms with Crippen molar-refractivity contribution >= 4 is 10.0 Å². The zero-order chi connectivity index (χ0) is 15.3. The van der Waals surface area contributed by atoms with E-state index in [1.54, 1.807) is 24.3 Å². The zero-order valence-electron chi connectivity index (χ0n) is 12.3. The Morgan fingerprint density at radius 1 is 1.29 bits per heavy atom. The molecule has 1 aromatic rings. The molecule has 114 valence electrons. The number of sulfonamides is 1. The van der Waals surface area contributed by atoms with Crippen molar-refractivity contribution in [1.82, 2.24) is 4.72 Å². The first-order chi connectivity index (χ1) is 10.0. The number of hydrogen-bond acceptors (Lipinski definition) is 3. The van der Waals surface area contributed by atoms with Crippen LogP contribution in [0.1, 0.15) is 38.2 Å². The van der Waals surface area contributed by atoms with Crippen LogP contribution in [0.4, 0.5) is 0 Å². The smallest absolute Gasteiger partial charge is 0.240 e. The summed E-state index contributed by atoms with van der Waals surface area (Å²) >= 11 is 0. The molecule has 2 rings (SSSR count). The van der Waals surface area contributed by atoms with E-state index >= 15 is 0 Å². The molecule has 1 aliphatic rings. The van der Waals surface area contributed by atoms with Crippen molar-refractivity contribution < 1.29 is 8.42 Å². The van der Waals surface area contributed by atoms with Crippen molar-refractivity contribution in [3.63, 3.8) is 0 Å². The summed E-state index contributed by atoms with van der Waals surface area (Å²) in [6, 6.07) is 6.73. The first-order valence-corrected chi connectivity index (χ1v) is 8.81. The van der Waals surface area contributed by atoms with E-state index in [0.717, 1.165) is 25.7 Å². The van der Waals surface area contributed by atoms with E-state index < -0.39 is 10.0 Å². The van der Waals surface area contributed by atoms with Gasteiger partial charge in [-0.15, -0.1) is 0 Å². The fourth-order valence-corrected chi connectivity index (χ4v) is 3.91. The van der Waals surface area contributed by atoms with E-state index in [2.05, 4.69) is 23.5 Å². The van der Waals surface area contributed by atoms with Crippen molar-refractivity contribution in [2.24, 2.45) is 11.7 Å². The highest BCUT2D eigenvalue weighted by Gasteiger charge is 2.24. The maximum Gasteiger partial charge on any atom is 0.240 e. The number of nitrogens with two attached hydrogens (primary N) is 1. The molecule has 1 saturated carbocycles. The highest BCUT2D eigenvalue weighted by molar-refractivity contribution is 7.89. The normalized spacial score (nSPS) is 22.4. The van der Waals surface area contributed by atoms with E-state index in [0.29, 0.717) is 11.5 Å². The van der Waals surface area contributed by atoms with E-state index in [1.807, 2.05) is 0 Å². The van der Waals surface area contributed by atoms with Gasteiger partial charge in [0, 0.05) is 11.6 Å². The molecule has 1 aliphatic carbocycles. The summed E-state index contributed by atoms with van der Waals surface area (Å²) in [5, 5.41) is 0. The van der Waals surface area contributed by atoms with Crippen molar-refractivity contribution in [3.05, 3.63) is 29.8 Å². The van der Waals surface area contributed by atoms with Gasteiger partial charge in [0.1, 0.15) is 0 Å². The molecule has 0 saturated heterocycles. The second-order valence-electron chi connectivity index (χ2n) is 5.61. The Morgan fingerprint density at radius 2 is 2.00 bits per heavy atom. The SMILES string of the molecule is CC1CCC(NS(=O)(=O)c2cccc(C#CCN)c2)CC1. The average molecular weight is 306 g/mol. The van der Waals surface area contributed by atoms with Crippen molar-refractivity contribution in [1.29, 1.82) is 0 Å². The van der Waals surface area contributed by atoms with Crippen LogP contribution in [-0.2, 0) is 10.0 Å². The minimum atomic E-state index is -3.47. The predicted octanol–water partition coefficient (Wildman–Crippen LogP) is 1.85. The van der Waals surface area contributed by atoms with Crippen LogP contribution in [0.2, 0.25) is 0 Å². The minimum Gasteiger partial charge on any atom is -0.320 e. The van der Waals surface area contributed by atoms with E-state index in [9.17, 15) is 8.42 Å². The lowest BCUT2D eigenvalue weighted by Crippen LogP contribution is -2.37. The van der Waals surface area contributed by atoms with E-state index in [-0.39, 0.29) is 17.5 Å². The number of rotatable bonds is 3. The molecule has 21 heavy (non-hydrogen) atoms. The third-order valence-electron chi connectivity index (χ3n) is 3.82. The van der Waals surface area contributed by atoms with Gasteiger partial charge < -0.3 is 5.73 Å². The fraction of sp³-hybridized carbons (Fsp3) is 0.500. The minimum absolute atomic E-state index is 0.0463. The molecule has 0 spiro atoms. The van der Waals surface area contributed by atoms with E-state index in [1.165, 1.54) is 0 Å². The summed E-state index contributed by atoms with van der Waals surface area (Å²) < 4.78 is 27.7. The molecule has 0 aromatic heterocycles. The summed E-state index contributed by atoms with van der Waals surface area (Å²) in [7, 11) is -3.47. The Kier molecular flexibility index (Phi) is 5.40. The molecular weight excluding hydrogens is 284 g/mol. The third-order valence-corrected chi connectivity index (χ3v) is 5.33. The Morgan fingerprint density at radius 3 is 2.67 bits per heavy atom. The summed E-state index contributed by atoms with van der Waals surface area (Å²) in [6.45, 7) is 2.47. The third kappa shape index (κ3) is 4.57. The molecule has 1 aromatic carbocycles. The number of benzene rings is 1. The van der Waals surface area contributed by atoms with Crippen LogP contribution < -0.4 is 10.5 Å². The first-order valence-electron chi connectivity index (χ1n) is 7.32. The molecule has 0 amide bonds. The van der Waals surface area contributed by atoms with Gasteiger partial charge >= 0.3 is 0 Å². The van der Waals surface area contributed by atoms with Gasteiger partial charge in [0.2, 0.25) is 10.0 Å². The van der Waals surface area contributed by atoms with Crippen molar-refractivity contribution in [2.75, 3.05) is 6.54 Å². The lowest BCUT2D eigenvalue weighted by molar-refractivity contribution is 0.332. The molecule has 0 unspecified atom stereocenters. The van der Waals surface area contributed by atoms with Crippen LogP contribution in [-0.4, -0.2) is 21.0 Å². The van der Waals surface area contributed by atoms with Gasteiger partial charge in [-0.2, -0.15) is 0 Å². The molecule has 3 N–H and O–H groups in total. The summed E-state index contributed by atoms with van der Waals surface area (Å²) in [4.78, 5) is 0.268. The van der Waals surface area contributed by atoms with Crippen LogP contribution >= 0.6 is 0 Å². The molecule has 0 bridgehead atoms. The maximum atomic E-state index is 12.4. The maximum absolute atomic E-state index is 12.4. The monoisotopic (exact) mass is 306 g/mol. The van der Waals surface area contributed by atoms with Crippen LogP contribution in [0.25, 0.3) is 0 Å². The van der Waals surface area contributed by atoms with Crippen LogP contribution in [0.5, 0.6) is 0 Å². The van der Waals surface area contributed by atoms with Crippen LogP contribution in [0, 0.1) is 17.8 Å². The molecule has 0 aliphatic heterocycles. The highest BCUT2D eigenvalue weighted by atomic mass is 32.2. The molecule has 0 heterocycles. The molecule has 5 heteroatoms. The summed E-state index contributed by atoms with van der Waals surface area (Å²) in [5.41, 5.74) is 6.00. The molecule has 1 fully saturated rings. The molecule has 0 atom stereocenters. The van der Waals surface area contributed by atoms with Gasteiger partial charge in [-0.3, -0.25) is 0 Å². The predicted molar refractivity (Wildman–Crippen MR) is 84.1 cm³/mol. The first kappa shape index (κ1) is 16.0. The lowest BCUT2D eigenvalue weighted by atomic mass is 9.88. The van der Waals surface area contributed by atoms with Gasteiger partial charge in [0.15, 0.2) is 0 Å².